The van der Waals surface area contributed by atoms with Gasteiger partial charge in [-0.05, 0) is 74.8 Å². The van der Waals surface area contributed by atoms with Gasteiger partial charge in [-0.25, -0.2) is 0 Å². The molecule has 0 spiro atoms. The molecule has 2 amide bonds. The van der Waals surface area contributed by atoms with E-state index in [0.29, 0.717) is 6.04 Å². The van der Waals surface area contributed by atoms with Gasteiger partial charge in [0, 0.05) is 30.4 Å². The third-order valence-electron chi connectivity index (χ3n) is 6.51. The molecular formula is C23H35N3O2S. The minimum atomic E-state index is -0.438. The summed E-state index contributed by atoms with van der Waals surface area (Å²) in [5, 5.41) is 3.08. The zero-order valence-electron chi connectivity index (χ0n) is 17.7. The molecule has 29 heavy (non-hydrogen) atoms. The fraction of sp³-hybridized carbons (Fsp3) is 0.609. The molecule has 2 saturated carbocycles. The lowest BCUT2D eigenvalue weighted by Crippen LogP contribution is -2.52. The molecule has 0 bridgehead atoms. The number of carbonyl (C=O) groups excluding carboxylic acids is 2. The molecule has 1 aromatic carbocycles. The highest BCUT2D eigenvalue weighted by Crippen LogP contribution is 2.33. The van der Waals surface area contributed by atoms with Gasteiger partial charge in [-0.1, -0.05) is 18.0 Å². The number of benzene rings is 1. The van der Waals surface area contributed by atoms with Gasteiger partial charge in [0.1, 0.15) is 0 Å². The molecule has 2 aliphatic rings. The fourth-order valence-electron chi connectivity index (χ4n) is 4.40. The summed E-state index contributed by atoms with van der Waals surface area (Å²) in [7, 11) is 1.97. The van der Waals surface area contributed by atoms with Crippen molar-refractivity contribution in [2.24, 2.45) is 17.6 Å². The summed E-state index contributed by atoms with van der Waals surface area (Å²) in [6.45, 7) is 0. The van der Waals surface area contributed by atoms with Crippen LogP contribution in [0.1, 0.15) is 50.5 Å². The third-order valence-corrected chi connectivity index (χ3v) is 7.34. The van der Waals surface area contributed by atoms with Crippen molar-refractivity contribution in [3.63, 3.8) is 0 Å². The molecule has 2 atom stereocenters. The Kier molecular flexibility index (Phi) is 7.52. The van der Waals surface area contributed by atoms with Crippen LogP contribution in [0.25, 0.3) is 0 Å². The Hall–Kier alpha value is -1.66. The highest BCUT2D eigenvalue weighted by atomic mass is 32.2. The van der Waals surface area contributed by atoms with Crippen molar-refractivity contribution in [3.8, 4) is 0 Å². The summed E-state index contributed by atoms with van der Waals surface area (Å²) in [6.07, 6.45) is 8.77. The molecule has 2 fully saturated rings. The van der Waals surface area contributed by atoms with E-state index in [9.17, 15) is 9.59 Å². The average Bonchev–Trinajstić information content (AvgIpc) is 2.65. The molecule has 2 aliphatic carbocycles. The van der Waals surface area contributed by atoms with E-state index >= 15 is 0 Å². The van der Waals surface area contributed by atoms with Crippen LogP contribution in [0.3, 0.4) is 0 Å². The minimum Gasteiger partial charge on any atom is -0.341 e. The van der Waals surface area contributed by atoms with Gasteiger partial charge in [0.25, 0.3) is 0 Å². The van der Waals surface area contributed by atoms with Crippen molar-refractivity contribution >= 4 is 33.9 Å². The number of nitrogens with one attached hydrogen (secondary N) is 1. The van der Waals surface area contributed by atoms with Crippen LogP contribution < -0.4 is 11.1 Å². The lowest BCUT2D eigenvalue weighted by Gasteiger charge is -2.38. The van der Waals surface area contributed by atoms with Gasteiger partial charge in [-0.2, -0.15) is 10.5 Å². The fourth-order valence-corrected chi connectivity index (χ4v) is 5.15. The van der Waals surface area contributed by atoms with E-state index < -0.39 is 6.04 Å². The second kappa shape index (κ2) is 9.90. The normalized spacial score (nSPS) is 24.2. The summed E-state index contributed by atoms with van der Waals surface area (Å²) in [5.41, 5.74) is 8.37. The number of hydrogen-bond acceptors (Lipinski definition) is 3. The molecule has 3 N–H and O–H groups in total. The van der Waals surface area contributed by atoms with E-state index in [2.05, 4.69) is 23.5 Å². The van der Waals surface area contributed by atoms with Gasteiger partial charge in [0.15, 0.2) is 0 Å². The van der Waals surface area contributed by atoms with E-state index in [4.69, 9.17) is 5.73 Å². The Morgan fingerprint density at radius 3 is 2.52 bits per heavy atom. The largest absolute Gasteiger partial charge is 0.341 e. The van der Waals surface area contributed by atoms with Crippen molar-refractivity contribution in [2.75, 3.05) is 18.6 Å². The minimum absolute atomic E-state index is 0.00443. The van der Waals surface area contributed by atoms with Crippen LogP contribution in [-0.2, 0) is 15.3 Å². The molecule has 0 aliphatic heterocycles. The predicted molar refractivity (Wildman–Crippen MR) is 123 cm³/mol. The number of carbonyl (C=O) groups is 2. The molecule has 5 nitrogen and oxygen atoms in total. The van der Waals surface area contributed by atoms with Crippen molar-refractivity contribution in [3.05, 3.63) is 29.8 Å². The summed E-state index contributed by atoms with van der Waals surface area (Å²) in [5.74, 6) is 5.31. The summed E-state index contributed by atoms with van der Waals surface area (Å²) in [4.78, 5) is 27.2. The zero-order valence-corrected chi connectivity index (χ0v) is 18.5. The second-order valence-corrected chi connectivity index (χ2v) is 10.6. The number of anilines is 1. The number of likely N-dealkylation sites (N-methyl/N-ethyl adjacent to an activating group) is 1. The van der Waals surface area contributed by atoms with Crippen LogP contribution in [0.15, 0.2) is 24.3 Å². The maximum atomic E-state index is 12.7. The van der Waals surface area contributed by atoms with Gasteiger partial charge >= 0.3 is 0 Å². The van der Waals surface area contributed by atoms with Crippen LogP contribution in [-0.4, -0.2) is 48.0 Å². The smallest absolute Gasteiger partial charge is 0.239 e. The van der Waals surface area contributed by atoms with E-state index in [-0.39, 0.29) is 34.1 Å². The lowest BCUT2D eigenvalue weighted by molar-refractivity contribution is -0.136. The second-order valence-electron chi connectivity index (χ2n) is 8.79. The van der Waals surface area contributed by atoms with Crippen molar-refractivity contribution < 1.29 is 9.59 Å². The summed E-state index contributed by atoms with van der Waals surface area (Å²) >= 11 is 0. The highest BCUT2D eigenvalue weighted by molar-refractivity contribution is 8.12. The van der Waals surface area contributed by atoms with Crippen LogP contribution in [0.5, 0.6) is 0 Å². The number of nitrogens with two attached hydrogens (primary N) is 1. The molecule has 0 saturated heterocycles. The van der Waals surface area contributed by atoms with E-state index in [0.717, 1.165) is 50.0 Å². The van der Waals surface area contributed by atoms with Crippen LogP contribution >= 0.6 is 10.5 Å². The van der Waals surface area contributed by atoms with E-state index in [1.807, 2.05) is 30.1 Å². The molecule has 160 valence electrons. The first-order valence-corrected chi connectivity index (χ1v) is 12.7. The Morgan fingerprint density at radius 2 is 1.93 bits per heavy atom. The lowest BCUT2D eigenvalue weighted by atomic mass is 9.77. The zero-order chi connectivity index (χ0) is 21.0. The molecule has 0 radical (unpaired) electrons. The first-order valence-electron chi connectivity index (χ1n) is 10.7. The standard InChI is InChI=1S/C23H35N3O2S/c1-26(20-8-5-9-20)23(28)21(24)17-10-12-18(13-11-17)22(27)25-19-7-4-6-16(14-19)15-29(2)3/h4,6-7,14,17-18,20-21H,2,5,8-13,15,24H2,1,3H3,(H,25,27)/t17?,18?,21-,29?/m0/s1. The Morgan fingerprint density at radius 1 is 1.24 bits per heavy atom. The molecule has 1 unspecified atom stereocenters. The molecular weight excluding hydrogens is 382 g/mol. The maximum Gasteiger partial charge on any atom is 0.239 e. The van der Waals surface area contributed by atoms with Crippen molar-refractivity contribution in [2.45, 2.75) is 62.8 Å². The number of rotatable bonds is 7. The van der Waals surface area contributed by atoms with Gasteiger partial charge in [0.05, 0.1) is 6.04 Å². The Balaban J connectivity index is 1.49. The number of hydrogen-bond donors (Lipinski definition) is 2. The van der Waals surface area contributed by atoms with Crippen LogP contribution in [0, 0.1) is 11.8 Å². The topological polar surface area (TPSA) is 75.4 Å². The van der Waals surface area contributed by atoms with Crippen LogP contribution in [0.2, 0.25) is 0 Å². The number of nitrogens with zero attached hydrogens (tertiary/aromatic N) is 1. The quantitative estimate of drug-likeness (QED) is 0.666. The predicted octanol–water partition coefficient (Wildman–Crippen LogP) is 3.60. The van der Waals surface area contributed by atoms with Gasteiger partial charge < -0.3 is 16.0 Å². The van der Waals surface area contributed by atoms with Crippen molar-refractivity contribution in [1.29, 1.82) is 0 Å². The molecule has 0 aromatic heterocycles. The Bertz CT molecular complexity index is 754. The van der Waals surface area contributed by atoms with Gasteiger partial charge in [-0.15, -0.1) is 0 Å². The van der Waals surface area contributed by atoms with Crippen LogP contribution in [0.4, 0.5) is 5.69 Å². The first-order chi connectivity index (χ1) is 13.8. The molecule has 6 heteroatoms. The molecule has 3 rings (SSSR count). The van der Waals surface area contributed by atoms with Crippen molar-refractivity contribution in [1.82, 2.24) is 4.90 Å². The molecule has 1 aromatic rings. The van der Waals surface area contributed by atoms with E-state index in [1.165, 1.54) is 12.0 Å². The number of amides is 2. The summed E-state index contributed by atoms with van der Waals surface area (Å²) < 4.78 is 0. The van der Waals surface area contributed by atoms with Gasteiger partial charge in [0.2, 0.25) is 11.8 Å². The third kappa shape index (κ3) is 5.70. The average molecular weight is 418 g/mol. The Labute approximate surface area is 177 Å². The van der Waals surface area contributed by atoms with E-state index in [1.54, 1.807) is 0 Å². The highest BCUT2D eigenvalue weighted by Gasteiger charge is 2.35. The molecule has 0 heterocycles. The summed E-state index contributed by atoms with van der Waals surface area (Å²) in [6, 6.07) is 7.98. The maximum absolute atomic E-state index is 12.7. The monoisotopic (exact) mass is 417 g/mol. The van der Waals surface area contributed by atoms with Gasteiger partial charge in [-0.3, -0.25) is 9.59 Å². The SMILES string of the molecule is C=S(C)Cc1cccc(NC(=O)C2CCC([C@H](N)C(=O)N(C)C3CCC3)CC2)c1. The first kappa shape index (κ1) is 22.0.